The van der Waals surface area contributed by atoms with Gasteiger partial charge in [0.05, 0.1) is 7.11 Å². The molecule has 0 aromatic heterocycles. The Morgan fingerprint density at radius 1 is 1.47 bits per heavy atom. The first-order valence-electron chi connectivity index (χ1n) is 5.84. The summed E-state index contributed by atoms with van der Waals surface area (Å²) in [6.07, 6.45) is 0.705. The highest BCUT2D eigenvalue weighted by Gasteiger charge is 2.56. The molecule has 1 aliphatic rings. The SMILES string of the molecule is COc1ccc(CNC(=O)C2(C(=O)O)CC2)cc1F. The molecule has 2 rings (SSSR count). The molecule has 0 spiro atoms. The predicted molar refractivity (Wildman–Crippen MR) is 64.1 cm³/mol. The van der Waals surface area contributed by atoms with E-state index in [0.717, 1.165) is 0 Å². The molecule has 102 valence electrons. The Labute approximate surface area is 109 Å². The van der Waals surface area contributed by atoms with Gasteiger partial charge in [-0.05, 0) is 30.5 Å². The lowest BCUT2D eigenvalue weighted by Gasteiger charge is -2.11. The van der Waals surface area contributed by atoms with E-state index in [1.807, 2.05) is 0 Å². The molecule has 0 unspecified atom stereocenters. The van der Waals surface area contributed by atoms with Gasteiger partial charge in [0, 0.05) is 6.54 Å². The van der Waals surface area contributed by atoms with E-state index in [0.29, 0.717) is 18.4 Å². The molecule has 0 saturated heterocycles. The summed E-state index contributed by atoms with van der Waals surface area (Å²) in [7, 11) is 1.36. The van der Waals surface area contributed by atoms with Gasteiger partial charge in [-0.15, -0.1) is 0 Å². The van der Waals surface area contributed by atoms with Gasteiger partial charge in [-0.1, -0.05) is 6.07 Å². The lowest BCUT2D eigenvalue weighted by Crippen LogP contribution is -2.36. The first-order chi connectivity index (χ1) is 8.99. The van der Waals surface area contributed by atoms with E-state index >= 15 is 0 Å². The number of ether oxygens (including phenoxy) is 1. The number of carboxylic acid groups (broad SMARTS) is 1. The maximum Gasteiger partial charge on any atom is 0.319 e. The van der Waals surface area contributed by atoms with E-state index in [1.165, 1.54) is 19.2 Å². The van der Waals surface area contributed by atoms with Gasteiger partial charge >= 0.3 is 5.97 Å². The Morgan fingerprint density at radius 2 is 2.16 bits per heavy atom. The summed E-state index contributed by atoms with van der Waals surface area (Å²) in [5.74, 6) is -2.02. The summed E-state index contributed by atoms with van der Waals surface area (Å²) in [4.78, 5) is 22.7. The van der Waals surface area contributed by atoms with Gasteiger partial charge < -0.3 is 15.2 Å². The monoisotopic (exact) mass is 267 g/mol. The van der Waals surface area contributed by atoms with Crippen LogP contribution in [0.3, 0.4) is 0 Å². The fourth-order valence-electron chi connectivity index (χ4n) is 1.83. The Kier molecular flexibility index (Phi) is 3.42. The number of hydrogen-bond donors (Lipinski definition) is 2. The second-order valence-corrected chi connectivity index (χ2v) is 4.54. The summed E-state index contributed by atoms with van der Waals surface area (Å²) < 4.78 is 18.2. The zero-order chi connectivity index (χ0) is 14.0. The number of hydrogen-bond acceptors (Lipinski definition) is 3. The number of carboxylic acids is 1. The molecule has 0 aliphatic heterocycles. The van der Waals surface area contributed by atoms with Gasteiger partial charge in [-0.25, -0.2) is 4.39 Å². The highest BCUT2D eigenvalue weighted by molar-refractivity contribution is 6.04. The first-order valence-corrected chi connectivity index (χ1v) is 5.84. The second-order valence-electron chi connectivity index (χ2n) is 4.54. The van der Waals surface area contributed by atoms with Crippen LogP contribution in [0, 0.1) is 11.2 Å². The molecule has 1 fully saturated rings. The maximum absolute atomic E-state index is 13.4. The average molecular weight is 267 g/mol. The van der Waals surface area contributed by atoms with Crippen molar-refractivity contribution in [2.24, 2.45) is 5.41 Å². The van der Waals surface area contributed by atoms with Crippen molar-refractivity contribution in [2.45, 2.75) is 19.4 Å². The molecule has 0 atom stereocenters. The topological polar surface area (TPSA) is 75.6 Å². The smallest absolute Gasteiger partial charge is 0.319 e. The molecular formula is C13H14FNO4. The first kappa shape index (κ1) is 13.3. The molecule has 5 nitrogen and oxygen atoms in total. The van der Waals surface area contributed by atoms with Crippen LogP contribution in [0.15, 0.2) is 18.2 Å². The van der Waals surface area contributed by atoms with Crippen LogP contribution in [-0.2, 0) is 16.1 Å². The molecular weight excluding hydrogens is 253 g/mol. The summed E-state index contributed by atoms with van der Waals surface area (Å²) in [6, 6.07) is 4.32. The minimum absolute atomic E-state index is 0.0920. The number of carbonyl (C=O) groups is 2. The number of rotatable bonds is 5. The van der Waals surface area contributed by atoms with E-state index in [-0.39, 0.29) is 12.3 Å². The third kappa shape index (κ3) is 2.52. The van der Waals surface area contributed by atoms with Crippen LogP contribution in [0.4, 0.5) is 4.39 Å². The summed E-state index contributed by atoms with van der Waals surface area (Å²) in [5, 5.41) is 11.5. The molecule has 19 heavy (non-hydrogen) atoms. The Bertz CT molecular complexity index is 525. The molecule has 1 saturated carbocycles. The minimum Gasteiger partial charge on any atom is -0.494 e. The number of carbonyl (C=O) groups excluding carboxylic acids is 1. The van der Waals surface area contributed by atoms with Gasteiger partial charge in [-0.3, -0.25) is 9.59 Å². The van der Waals surface area contributed by atoms with E-state index in [2.05, 4.69) is 5.32 Å². The molecule has 2 N–H and O–H groups in total. The van der Waals surface area contributed by atoms with Crippen molar-refractivity contribution in [2.75, 3.05) is 7.11 Å². The van der Waals surface area contributed by atoms with Gasteiger partial charge in [0.1, 0.15) is 5.41 Å². The van der Waals surface area contributed by atoms with E-state index in [4.69, 9.17) is 9.84 Å². The molecule has 1 aliphatic carbocycles. The third-order valence-electron chi connectivity index (χ3n) is 3.26. The van der Waals surface area contributed by atoms with Crippen molar-refractivity contribution in [3.63, 3.8) is 0 Å². The third-order valence-corrected chi connectivity index (χ3v) is 3.26. The minimum atomic E-state index is -1.27. The number of benzene rings is 1. The molecule has 1 aromatic rings. The fourth-order valence-corrected chi connectivity index (χ4v) is 1.83. The van der Waals surface area contributed by atoms with Crippen LogP contribution in [0.1, 0.15) is 18.4 Å². The van der Waals surface area contributed by atoms with Gasteiger partial charge in [0.15, 0.2) is 11.6 Å². The average Bonchev–Trinajstić information content (AvgIpc) is 3.17. The molecule has 1 amide bonds. The molecule has 6 heteroatoms. The standard InChI is InChI=1S/C13H14FNO4/c1-19-10-3-2-8(6-9(10)14)7-15-11(16)13(4-5-13)12(17)18/h2-3,6H,4-5,7H2,1H3,(H,15,16)(H,17,18). The van der Waals surface area contributed by atoms with Crippen LogP contribution in [-0.4, -0.2) is 24.1 Å². The van der Waals surface area contributed by atoms with Crippen molar-refractivity contribution in [3.05, 3.63) is 29.6 Å². The number of nitrogens with one attached hydrogen (secondary N) is 1. The lowest BCUT2D eigenvalue weighted by atomic mass is 10.1. The Morgan fingerprint density at radius 3 is 2.63 bits per heavy atom. The zero-order valence-electron chi connectivity index (χ0n) is 10.4. The van der Waals surface area contributed by atoms with E-state index < -0.39 is 23.1 Å². The van der Waals surface area contributed by atoms with E-state index in [1.54, 1.807) is 6.07 Å². The van der Waals surface area contributed by atoms with Crippen LogP contribution < -0.4 is 10.1 Å². The van der Waals surface area contributed by atoms with Gasteiger partial charge in [0.25, 0.3) is 0 Å². The van der Waals surface area contributed by atoms with Crippen LogP contribution >= 0.6 is 0 Å². The normalized spacial score (nSPS) is 15.7. The van der Waals surface area contributed by atoms with Crippen LogP contribution in [0.25, 0.3) is 0 Å². The Hall–Kier alpha value is -2.11. The van der Waals surface area contributed by atoms with Crippen molar-refractivity contribution in [3.8, 4) is 5.75 Å². The lowest BCUT2D eigenvalue weighted by molar-refractivity contribution is -0.149. The highest BCUT2D eigenvalue weighted by atomic mass is 19.1. The van der Waals surface area contributed by atoms with Crippen molar-refractivity contribution < 1.29 is 23.8 Å². The highest BCUT2D eigenvalue weighted by Crippen LogP contribution is 2.46. The molecule has 0 bridgehead atoms. The number of halogens is 1. The van der Waals surface area contributed by atoms with Crippen LogP contribution in [0.5, 0.6) is 5.75 Å². The van der Waals surface area contributed by atoms with Crippen molar-refractivity contribution >= 4 is 11.9 Å². The van der Waals surface area contributed by atoms with Crippen LogP contribution in [0.2, 0.25) is 0 Å². The van der Waals surface area contributed by atoms with Crippen molar-refractivity contribution in [1.82, 2.24) is 5.32 Å². The fraction of sp³-hybridized carbons (Fsp3) is 0.385. The Balaban J connectivity index is 1.98. The maximum atomic E-state index is 13.4. The number of amides is 1. The van der Waals surface area contributed by atoms with E-state index in [9.17, 15) is 14.0 Å². The summed E-state index contributed by atoms with van der Waals surface area (Å²) in [6.45, 7) is 0.0920. The number of aliphatic carboxylic acids is 1. The molecule has 1 aromatic carbocycles. The number of methoxy groups -OCH3 is 1. The zero-order valence-corrected chi connectivity index (χ0v) is 10.4. The van der Waals surface area contributed by atoms with Crippen molar-refractivity contribution in [1.29, 1.82) is 0 Å². The molecule has 0 heterocycles. The largest absolute Gasteiger partial charge is 0.494 e. The quantitative estimate of drug-likeness (QED) is 0.789. The second kappa shape index (κ2) is 4.87. The van der Waals surface area contributed by atoms with Gasteiger partial charge in [-0.2, -0.15) is 0 Å². The summed E-state index contributed by atoms with van der Waals surface area (Å²) in [5.41, 5.74) is -0.724. The predicted octanol–water partition coefficient (Wildman–Crippen LogP) is 1.32. The van der Waals surface area contributed by atoms with Gasteiger partial charge in [0.2, 0.25) is 5.91 Å². The summed E-state index contributed by atoms with van der Waals surface area (Å²) >= 11 is 0. The molecule has 0 radical (unpaired) electrons.